The number of nitrogens with one attached hydrogen (secondary N) is 1. The van der Waals surface area contributed by atoms with Crippen LogP contribution in [0.5, 0.6) is 0 Å². The number of halogens is 2. The van der Waals surface area contributed by atoms with Crippen LogP contribution in [-0.4, -0.2) is 55.0 Å². The minimum Gasteiger partial charge on any atom is -0.395 e. The van der Waals surface area contributed by atoms with Gasteiger partial charge < -0.3 is 20.3 Å². The highest BCUT2D eigenvalue weighted by Gasteiger charge is 2.67. The van der Waals surface area contributed by atoms with E-state index in [1.54, 1.807) is 0 Å². The van der Waals surface area contributed by atoms with E-state index in [2.05, 4.69) is 20.3 Å². The molecule has 2 aromatic heterocycles. The zero-order chi connectivity index (χ0) is 20.6. The van der Waals surface area contributed by atoms with Crippen LogP contribution < -0.4 is 5.32 Å². The Bertz CT molecular complexity index is 1000. The number of nitrogens with zero attached hydrogens (tertiary/aromatic N) is 4. The third kappa shape index (κ3) is 3.04. The van der Waals surface area contributed by atoms with Gasteiger partial charge in [-0.15, -0.1) is 0 Å². The lowest BCUT2D eigenvalue weighted by molar-refractivity contribution is -0.152. The van der Waals surface area contributed by atoms with Crippen molar-refractivity contribution in [2.45, 2.75) is 31.7 Å². The Labute approximate surface area is 165 Å². The number of imidazole rings is 1. The predicted molar refractivity (Wildman–Crippen MR) is 100 cm³/mol. The maximum atomic E-state index is 15.2. The summed E-state index contributed by atoms with van der Waals surface area (Å²) in [5.41, 5.74) is -0.432. The summed E-state index contributed by atoms with van der Waals surface area (Å²) in [7, 11) is 0. The molecule has 3 atom stereocenters. The first-order valence-corrected chi connectivity index (χ1v) is 9.12. The first-order chi connectivity index (χ1) is 13.9. The van der Waals surface area contributed by atoms with Crippen molar-refractivity contribution in [2.75, 3.05) is 18.5 Å². The lowest BCUT2D eigenvalue weighted by atomic mass is 9.80. The van der Waals surface area contributed by atoms with Gasteiger partial charge in [0.05, 0.1) is 31.1 Å². The Morgan fingerprint density at radius 1 is 1.17 bits per heavy atom. The van der Waals surface area contributed by atoms with Crippen LogP contribution >= 0.6 is 0 Å². The number of hydrogen-bond acceptors (Lipinski definition) is 7. The zero-order valence-corrected chi connectivity index (χ0v) is 15.7. The average Bonchev–Trinajstić information content (AvgIpc) is 3.24. The first kappa shape index (κ1) is 19.6. The van der Waals surface area contributed by atoms with Gasteiger partial charge in [-0.1, -0.05) is 30.3 Å². The fraction of sp³-hybridized carbons (Fsp3) is 0.421. The van der Waals surface area contributed by atoms with Gasteiger partial charge >= 0.3 is 5.92 Å². The van der Waals surface area contributed by atoms with Crippen molar-refractivity contribution in [1.82, 2.24) is 19.5 Å². The highest BCUT2D eigenvalue weighted by molar-refractivity contribution is 5.82. The van der Waals surface area contributed by atoms with E-state index in [-0.39, 0.29) is 5.65 Å². The van der Waals surface area contributed by atoms with Crippen molar-refractivity contribution in [3.05, 3.63) is 48.5 Å². The van der Waals surface area contributed by atoms with Gasteiger partial charge in [0.25, 0.3) is 0 Å². The van der Waals surface area contributed by atoms with Crippen molar-refractivity contribution in [3.8, 4) is 0 Å². The third-order valence-electron chi connectivity index (χ3n) is 5.48. The Morgan fingerprint density at radius 3 is 2.59 bits per heavy atom. The molecule has 1 aromatic carbocycles. The molecule has 0 aliphatic carbocycles. The molecular weight excluding hydrogens is 384 g/mol. The first-order valence-electron chi connectivity index (χ1n) is 9.12. The van der Waals surface area contributed by atoms with Gasteiger partial charge in [-0.3, -0.25) is 4.57 Å². The Kier molecular flexibility index (Phi) is 4.93. The fourth-order valence-electron chi connectivity index (χ4n) is 3.51. The Morgan fingerprint density at radius 2 is 1.93 bits per heavy atom. The second-order valence-corrected chi connectivity index (χ2v) is 7.24. The molecule has 0 saturated carbocycles. The molecule has 3 aromatic rings. The molecule has 3 N–H and O–H groups in total. The van der Waals surface area contributed by atoms with Crippen molar-refractivity contribution in [3.63, 3.8) is 0 Å². The van der Waals surface area contributed by atoms with Crippen LogP contribution in [0.3, 0.4) is 0 Å². The number of hydrogen-bond donors (Lipinski definition) is 3. The fourth-order valence-corrected chi connectivity index (χ4v) is 3.51. The van der Waals surface area contributed by atoms with Gasteiger partial charge in [0, 0.05) is 6.54 Å². The van der Waals surface area contributed by atoms with Gasteiger partial charge in [-0.05, 0) is 12.5 Å². The number of rotatable bonds is 6. The summed E-state index contributed by atoms with van der Waals surface area (Å²) in [5.74, 6) is -3.06. The molecule has 4 rings (SSSR count). The minimum atomic E-state index is -3.47. The van der Waals surface area contributed by atoms with Gasteiger partial charge in [-0.2, -0.15) is 0 Å². The third-order valence-corrected chi connectivity index (χ3v) is 5.48. The zero-order valence-electron chi connectivity index (χ0n) is 15.7. The molecular formula is C19H21F2N5O3. The van der Waals surface area contributed by atoms with E-state index in [0.29, 0.717) is 17.9 Å². The van der Waals surface area contributed by atoms with Gasteiger partial charge in [0.2, 0.25) is 6.23 Å². The molecule has 0 unspecified atom stereocenters. The minimum absolute atomic E-state index is 0.166. The number of ether oxygens (including phenoxy) is 1. The van der Waals surface area contributed by atoms with E-state index >= 15 is 8.78 Å². The topological polar surface area (TPSA) is 105 Å². The molecule has 3 heterocycles. The van der Waals surface area contributed by atoms with Crippen molar-refractivity contribution in [2.24, 2.45) is 5.41 Å². The van der Waals surface area contributed by atoms with Crippen LogP contribution in [0, 0.1) is 5.41 Å². The lowest BCUT2D eigenvalue weighted by Crippen LogP contribution is -2.47. The molecule has 0 radical (unpaired) electrons. The van der Waals surface area contributed by atoms with E-state index in [1.807, 2.05) is 30.3 Å². The van der Waals surface area contributed by atoms with Crippen molar-refractivity contribution in [1.29, 1.82) is 0 Å². The highest BCUT2D eigenvalue weighted by Crippen LogP contribution is 2.55. The van der Waals surface area contributed by atoms with Crippen LogP contribution in [0.4, 0.5) is 14.6 Å². The molecule has 1 fully saturated rings. The number of aromatic nitrogens is 4. The molecule has 29 heavy (non-hydrogen) atoms. The number of fused-ring (bicyclic) bond motifs is 1. The summed E-state index contributed by atoms with van der Waals surface area (Å²) >= 11 is 0. The maximum absolute atomic E-state index is 15.2. The summed E-state index contributed by atoms with van der Waals surface area (Å²) in [6, 6.07) is 9.63. The molecule has 0 bridgehead atoms. The second-order valence-electron chi connectivity index (χ2n) is 7.24. The number of benzene rings is 1. The molecule has 0 spiro atoms. The van der Waals surface area contributed by atoms with E-state index < -0.39 is 36.9 Å². The second kappa shape index (κ2) is 7.29. The van der Waals surface area contributed by atoms with Gasteiger partial charge in [0.15, 0.2) is 17.0 Å². The monoisotopic (exact) mass is 405 g/mol. The van der Waals surface area contributed by atoms with Crippen LogP contribution in [0.15, 0.2) is 43.0 Å². The average molecular weight is 405 g/mol. The lowest BCUT2D eigenvalue weighted by Gasteiger charge is -2.32. The van der Waals surface area contributed by atoms with Gasteiger partial charge in [0.1, 0.15) is 6.33 Å². The molecule has 154 valence electrons. The van der Waals surface area contributed by atoms with Crippen LogP contribution in [-0.2, 0) is 11.3 Å². The van der Waals surface area contributed by atoms with E-state index in [1.165, 1.54) is 19.6 Å². The summed E-state index contributed by atoms with van der Waals surface area (Å²) in [5, 5.41) is 22.2. The summed E-state index contributed by atoms with van der Waals surface area (Å²) in [6.07, 6.45) is -0.528. The Hall–Kier alpha value is -2.69. The van der Waals surface area contributed by atoms with Gasteiger partial charge in [-0.25, -0.2) is 23.7 Å². The number of aliphatic hydroxyl groups excluding tert-OH is 2. The molecule has 1 aliphatic rings. The molecule has 1 aliphatic heterocycles. The van der Waals surface area contributed by atoms with Crippen LogP contribution in [0.25, 0.3) is 11.2 Å². The quantitative estimate of drug-likeness (QED) is 0.576. The molecule has 0 amide bonds. The summed E-state index contributed by atoms with van der Waals surface area (Å²) < 4.78 is 36.9. The molecule has 8 nitrogen and oxygen atoms in total. The molecule has 1 saturated heterocycles. The highest BCUT2D eigenvalue weighted by atomic mass is 19.3. The number of aliphatic hydroxyl groups is 2. The van der Waals surface area contributed by atoms with Crippen LogP contribution in [0.1, 0.15) is 18.7 Å². The number of anilines is 1. The summed E-state index contributed by atoms with van der Waals surface area (Å²) in [4.78, 5) is 12.5. The SMILES string of the molecule is C[C@@]1(CO)[C@@H](CO)O[C@@H](n2cnc3c(NCc4ccccc4)ncnc32)C1(F)F. The normalized spacial score (nSPS) is 26.1. The predicted octanol–water partition coefficient (Wildman–Crippen LogP) is 1.96. The largest absolute Gasteiger partial charge is 0.395 e. The van der Waals surface area contributed by atoms with E-state index in [4.69, 9.17) is 4.74 Å². The van der Waals surface area contributed by atoms with Crippen molar-refractivity contribution < 1.29 is 23.7 Å². The van der Waals surface area contributed by atoms with Crippen molar-refractivity contribution >= 4 is 17.0 Å². The Balaban J connectivity index is 1.68. The maximum Gasteiger partial charge on any atom is 0.302 e. The van der Waals surface area contributed by atoms with E-state index in [9.17, 15) is 10.2 Å². The number of alkyl halides is 2. The van der Waals surface area contributed by atoms with Crippen LogP contribution in [0.2, 0.25) is 0 Å². The standard InChI is InChI=1S/C19H21F2N5O3/c1-18(9-28)13(8-27)29-17(19(18,20)21)26-11-25-14-15(23-10-24-16(14)26)22-7-12-5-3-2-4-6-12/h2-6,10-11,13,17,27-28H,7-9H2,1H3,(H,22,23,24)/t13-,17-,18-/m1/s1. The summed E-state index contributed by atoms with van der Waals surface area (Å²) in [6.45, 7) is 0.182. The smallest absolute Gasteiger partial charge is 0.302 e. The molecule has 10 heteroatoms. The van der Waals surface area contributed by atoms with E-state index in [0.717, 1.165) is 10.1 Å².